The Bertz CT molecular complexity index is 1850. The molecular formula is C32H44N6O11S2. The van der Waals surface area contributed by atoms with Gasteiger partial charge in [-0.3, -0.25) is 24.1 Å². The average molecular weight is 753 g/mol. The lowest BCUT2D eigenvalue weighted by Crippen LogP contribution is -2.37. The van der Waals surface area contributed by atoms with Gasteiger partial charge in [-0.15, -0.1) is 0 Å². The second kappa shape index (κ2) is 20.0. The third-order valence-electron chi connectivity index (χ3n) is 6.24. The van der Waals surface area contributed by atoms with Crippen molar-refractivity contribution >= 4 is 49.5 Å². The fraction of sp³-hybridized carbons (Fsp3) is 0.344. The number of anilines is 1. The van der Waals surface area contributed by atoms with Crippen LogP contribution in [0.5, 0.6) is 5.88 Å². The second-order valence-corrected chi connectivity index (χ2v) is 14.3. The fourth-order valence-electron chi connectivity index (χ4n) is 4.37. The zero-order valence-corrected chi connectivity index (χ0v) is 30.3. The highest BCUT2D eigenvalue weighted by molar-refractivity contribution is 7.85. The van der Waals surface area contributed by atoms with Crippen LogP contribution in [-0.2, 0) is 20.2 Å². The molecule has 0 saturated carbocycles. The van der Waals surface area contributed by atoms with Crippen LogP contribution in [0.25, 0.3) is 11.1 Å². The molecule has 0 bridgehead atoms. The smallest absolute Gasteiger partial charge is 0.336 e. The molecule has 17 nitrogen and oxygen atoms in total. The van der Waals surface area contributed by atoms with E-state index in [9.17, 15) is 36.3 Å². The molecule has 1 aromatic heterocycles. The highest BCUT2D eigenvalue weighted by Crippen LogP contribution is 2.30. The van der Waals surface area contributed by atoms with E-state index in [2.05, 4.69) is 15.6 Å². The van der Waals surface area contributed by atoms with Crippen LogP contribution in [0.2, 0.25) is 0 Å². The molecule has 3 aromatic rings. The van der Waals surface area contributed by atoms with Gasteiger partial charge in [0.05, 0.1) is 24.7 Å². The number of nitrogens with one attached hydrogen (secondary N) is 3. The lowest BCUT2D eigenvalue weighted by Gasteiger charge is -2.20. The summed E-state index contributed by atoms with van der Waals surface area (Å²) in [4.78, 5) is 43.1. The Balaban J connectivity index is 0.00000114. The predicted octanol–water partition coefficient (Wildman–Crippen LogP) is 2.88. The van der Waals surface area contributed by atoms with Crippen LogP contribution >= 0.6 is 0 Å². The first-order valence-electron chi connectivity index (χ1n) is 15.2. The fourth-order valence-corrected chi connectivity index (χ4v) is 4.37. The Morgan fingerprint density at radius 2 is 1.43 bits per heavy atom. The third kappa shape index (κ3) is 17.5. The summed E-state index contributed by atoms with van der Waals surface area (Å²) >= 11 is 0. The van der Waals surface area contributed by atoms with Crippen LogP contribution in [-0.4, -0.2) is 91.4 Å². The number of amidine groups is 1. The minimum atomic E-state index is -3.67. The van der Waals surface area contributed by atoms with Crippen molar-refractivity contribution in [2.45, 2.75) is 39.7 Å². The largest absolute Gasteiger partial charge is 0.478 e. The molecule has 1 atom stereocenters. The minimum Gasteiger partial charge on any atom is -0.478 e. The molecule has 0 radical (unpaired) electrons. The second-order valence-electron chi connectivity index (χ2n) is 11.3. The maximum atomic E-state index is 13.4. The number of carbonyl (C=O) groups is 3. The van der Waals surface area contributed by atoms with Crippen molar-refractivity contribution in [2.24, 2.45) is 17.4 Å². The SMILES string of the molecule is CCOc1ccc(-c2ccc(C(=O)NC(CCN)CC(C)C)cc2C(=O)O)c(C(=O)Nc2ccc(C(=N)N)cc2)n1.CS(=O)(=O)O.CS(=O)(=O)O. The Labute approximate surface area is 296 Å². The van der Waals surface area contributed by atoms with E-state index in [4.69, 9.17) is 30.7 Å². The number of aromatic carboxylic acids is 1. The van der Waals surface area contributed by atoms with E-state index in [0.29, 0.717) is 49.3 Å². The van der Waals surface area contributed by atoms with Gasteiger partial charge >= 0.3 is 5.97 Å². The standard InChI is InChI=1S/C30H36N6O5.2CH4O3S/c1-4-41-25-12-11-23(26(36-25)29(38)34-20-8-5-18(6-9-20)27(32)33)22-10-7-19(16-24(22)30(39)40)28(37)35-21(13-14-31)15-17(2)3;2*1-5(2,3)4/h5-12,16-17,21H,4,13-15,31H2,1-3H3,(H3,32,33)(H,34,38)(H,35,37)(H,39,40);2*1H3,(H,2,3,4). The van der Waals surface area contributed by atoms with Crippen molar-refractivity contribution in [1.29, 1.82) is 5.41 Å². The summed E-state index contributed by atoms with van der Waals surface area (Å²) in [6.45, 7) is 6.59. The minimum absolute atomic E-state index is 0.0637. The Hall–Kier alpha value is -4.95. The number of aromatic nitrogens is 1. The van der Waals surface area contributed by atoms with E-state index < -0.39 is 38.0 Å². The normalized spacial score (nSPS) is 11.5. The van der Waals surface area contributed by atoms with E-state index in [-0.39, 0.29) is 45.7 Å². The molecule has 51 heavy (non-hydrogen) atoms. The van der Waals surface area contributed by atoms with Crippen LogP contribution in [0.1, 0.15) is 70.4 Å². The van der Waals surface area contributed by atoms with Crippen molar-refractivity contribution in [3.05, 3.63) is 77.0 Å². The van der Waals surface area contributed by atoms with Crippen molar-refractivity contribution < 1.29 is 50.2 Å². The van der Waals surface area contributed by atoms with Gasteiger partial charge in [-0.1, -0.05) is 19.9 Å². The molecule has 0 aliphatic heterocycles. The van der Waals surface area contributed by atoms with Crippen molar-refractivity contribution in [2.75, 3.05) is 31.0 Å². The van der Waals surface area contributed by atoms with Gasteiger partial charge < -0.3 is 31.9 Å². The summed E-state index contributed by atoms with van der Waals surface area (Å²) in [5.74, 6) is -1.85. The topological polar surface area (TPSA) is 302 Å². The lowest BCUT2D eigenvalue weighted by atomic mass is 9.95. The van der Waals surface area contributed by atoms with Crippen molar-refractivity contribution in [3.63, 3.8) is 0 Å². The molecule has 1 heterocycles. The Morgan fingerprint density at radius 3 is 1.90 bits per heavy atom. The van der Waals surface area contributed by atoms with E-state index in [1.54, 1.807) is 43.3 Å². The first kappa shape index (κ1) is 44.1. The first-order valence-corrected chi connectivity index (χ1v) is 18.9. The number of pyridine rings is 1. The highest BCUT2D eigenvalue weighted by Gasteiger charge is 2.23. The maximum Gasteiger partial charge on any atom is 0.336 e. The molecule has 19 heteroatoms. The zero-order valence-electron chi connectivity index (χ0n) is 28.7. The van der Waals surface area contributed by atoms with Gasteiger partial charge in [0, 0.05) is 34.5 Å². The number of amides is 2. The molecule has 2 amide bonds. The number of nitrogens with two attached hydrogens (primary N) is 2. The molecule has 3 rings (SSSR count). The van der Waals surface area contributed by atoms with Gasteiger partial charge in [-0.25, -0.2) is 9.78 Å². The average Bonchev–Trinajstić information content (AvgIpc) is 2.99. The lowest BCUT2D eigenvalue weighted by molar-refractivity contribution is 0.0697. The summed E-state index contributed by atoms with van der Waals surface area (Å²) in [5, 5.41) is 23.3. The zero-order chi connectivity index (χ0) is 39.1. The number of hydrogen-bond donors (Lipinski definition) is 8. The van der Waals surface area contributed by atoms with E-state index >= 15 is 0 Å². The number of ether oxygens (including phenoxy) is 1. The van der Waals surface area contributed by atoms with Gasteiger partial charge in [0.15, 0.2) is 0 Å². The van der Waals surface area contributed by atoms with Gasteiger partial charge in [0.2, 0.25) is 5.88 Å². The van der Waals surface area contributed by atoms with Crippen LogP contribution in [0.15, 0.2) is 54.6 Å². The van der Waals surface area contributed by atoms with E-state index in [1.807, 2.05) is 13.8 Å². The predicted molar refractivity (Wildman–Crippen MR) is 193 cm³/mol. The number of carboxylic acids is 1. The number of hydrogen-bond acceptors (Lipinski definition) is 11. The molecule has 0 aliphatic carbocycles. The van der Waals surface area contributed by atoms with Crippen LogP contribution in [0.3, 0.4) is 0 Å². The number of carbonyl (C=O) groups excluding carboxylic acids is 2. The van der Waals surface area contributed by atoms with Crippen molar-refractivity contribution in [3.8, 4) is 17.0 Å². The first-order chi connectivity index (χ1) is 23.5. The van der Waals surface area contributed by atoms with E-state index in [1.165, 1.54) is 18.2 Å². The van der Waals surface area contributed by atoms with Gasteiger partial charge in [0.1, 0.15) is 11.5 Å². The summed E-state index contributed by atoms with van der Waals surface area (Å²) in [6, 6.07) is 13.6. The van der Waals surface area contributed by atoms with Gasteiger partial charge in [0.25, 0.3) is 32.1 Å². The van der Waals surface area contributed by atoms with Crippen LogP contribution in [0, 0.1) is 11.3 Å². The molecule has 0 fully saturated rings. The summed E-state index contributed by atoms with van der Waals surface area (Å²) in [6.07, 6.45) is 2.77. The molecule has 280 valence electrons. The molecular weight excluding hydrogens is 709 g/mol. The molecule has 1 unspecified atom stereocenters. The molecule has 0 aliphatic rings. The highest BCUT2D eigenvalue weighted by atomic mass is 32.2. The number of carboxylic acid groups (broad SMARTS) is 1. The molecule has 2 aromatic carbocycles. The van der Waals surface area contributed by atoms with E-state index in [0.717, 1.165) is 6.42 Å². The van der Waals surface area contributed by atoms with Gasteiger partial charge in [-0.2, -0.15) is 16.8 Å². The van der Waals surface area contributed by atoms with Gasteiger partial charge in [-0.05, 0) is 80.3 Å². The quantitative estimate of drug-likeness (QED) is 0.0708. The Kier molecular flexibility index (Phi) is 17.3. The molecule has 10 N–H and O–H groups in total. The number of rotatable bonds is 13. The maximum absolute atomic E-state index is 13.4. The third-order valence-corrected chi connectivity index (χ3v) is 6.24. The molecule has 0 spiro atoms. The number of benzene rings is 2. The summed E-state index contributed by atoms with van der Waals surface area (Å²) in [5.41, 5.74) is 12.5. The van der Waals surface area contributed by atoms with Crippen LogP contribution in [0.4, 0.5) is 5.69 Å². The monoisotopic (exact) mass is 752 g/mol. The van der Waals surface area contributed by atoms with Crippen LogP contribution < -0.4 is 26.8 Å². The van der Waals surface area contributed by atoms with Crippen molar-refractivity contribution in [1.82, 2.24) is 10.3 Å². The summed E-state index contributed by atoms with van der Waals surface area (Å²) < 4.78 is 57.2. The number of nitrogens with zero attached hydrogens (tertiary/aromatic N) is 1. The number of nitrogen functional groups attached to an aromatic ring is 1. The Morgan fingerprint density at radius 1 is 0.902 bits per heavy atom. The summed E-state index contributed by atoms with van der Waals surface area (Å²) in [7, 11) is -7.33. The molecule has 0 saturated heterocycles.